The van der Waals surface area contributed by atoms with Gasteiger partial charge in [0.15, 0.2) is 5.69 Å². The molecule has 7 heteroatoms. The van der Waals surface area contributed by atoms with E-state index < -0.39 is 0 Å². The number of hydrogen-bond donors (Lipinski definition) is 1. The van der Waals surface area contributed by atoms with Gasteiger partial charge in [0.05, 0.1) is 5.69 Å². The summed E-state index contributed by atoms with van der Waals surface area (Å²) in [4.78, 5) is 14.9. The van der Waals surface area contributed by atoms with Crippen LogP contribution in [0.1, 0.15) is 34.6 Å². The highest BCUT2D eigenvalue weighted by molar-refractivity contribution is 9.10. The summed E-state index contributed by atoms with van der Waals surface area (Å²) in [7, 11) is 0. The first-order valence-electron chi connectivity index (χ1n) is 8.61. The van der Waals surface area contributed by atoms with Crippen molar-refractivity contribution in [1.82, 2.24) is 20.0 Å². The molecule has 0 radical (unpaired) electrons. The van der Waals surface area contributed by atoms with Gasteiger partial charge in [0.1, 0.15) is 0 Å². The maximum atomic E-state index is 13.0. The van der Waals surface area contributed by atoms with E-state index in [0.29, 0.717) is 5.69 Å². The van der Waals surface area contributed by atoms with Crippen molar-refractivity contribution in [2.24, 2.45) is 0 Å². The van der Waals surface area contributed by atoms with Crippen LogP contribution >= 0.6 is 28.3 Å². The number of halogens is 2. The van der Waals surface area contributed by atoms with E-state index in [-0.39, 0.29) is 18.3 Å². The number of rotatable bonds is 2. The van der Waals surface area contributed by atoms with Gasteiger partial charge in [-0.3, -0.25) is 4.79 Å². The summed E-state index contributed by atoms with van der Waals surface area (Å²) in [6, 6.07) is 8.12. The van der Waals surface area contributed by atoms with Gasteiger partial charge in [0.25, 0.3) is 5.91 Å². The van der Waals surface area contributed by atoms with Crippen LogP contribution in [0.15, 0.2) is 28.7 Å². The van der Waals surface area contributed by atoms with Crippen LogP contribution in [0.5, 0.6) is 0 Å². The van der Waals surface area contributed by atoms with Gasteiger partial charge in [-0.2, -0.15) is 5.10 Å². The van der Waals surface area contributed by atoms with Crippen LogP contribution in [0.2, 0.25) is 0 Å². The third-order valence-electron chi connectivity index (χ3n) is 4.84. The second-order valence-electron chi connectivity index (χ2n) is 6.41. The number of fused-ring (bicyclic) bond motifs is 1. The summed E-state index contributed by atoms with van der Waals surface area (Å²) in [5.41, 5.74) is 4.04. The van der Waals surface area contributed by atoms with Gasteiger partial charge in [-0.05, 0) is 43.9 Å². The average Bonchev–Trinajstić information content (AvgIpc) is 3.01. The molecule has 1 amide bonds. The first-order valence-corrected chi connectivity index (χ1v) is 9.40. The summed E-state index contributed by atoms with van der Waals surface area (Å²) in [5, 5.41) is 8.06. The highest BCUT2D eigenvalue weighted by Gasteiger charge is 2.29. The molecular formula is C18H22BrClN4O. The number of benzene rings is 1. The first-order chi connectivity index (χ1) is 11.7. The SMILES string of the molecule is Cl.O=C(c1nn(-c2cccc(Br)c2)c2c1CCCC2)N1CCNCC1. The smallest absolute Gasteiger partial charge is 0.274 e. The van der Waals surface area contributed by atoms with Crippen molar-refractivity contribution < 1.29 is 4.79 Å². The lowest BCUT2D eigenvalue weighted by atomic mass is 9.95. The van der Waals surface area contributed by atoms with Gasteiger partial charge in [-0.15, -0.1) is 12.4 Å². The van der Waals surface area contributed by atoms with Crippen LogP contribution in [-0.2, 0) is 12.8 Å². The quantitative estimate of drug-likeness (QED) is 0.805. The highest BCUT2D eigenvalue weighted by atomic mass is 79.9. The number of nitrogens with one attached hydrogen (secondary N) is 1. The molecule has 0 spiro atoms. The molecule has 1 N–H and O–H groups in total. The summed E-state index contributed by atoms with van der Waals surface area (Å²) < 4.78 is 3.00. The van der Waals surface area contributed by atoms with Gasteiger partial charge in [0.2, 0.25) is 0 Å². The fourth-order valence-corrected chi connectivity index (χ4v) is 4.00. The molecule has 2 heterocycles. The molecule has 2 aliphatic rings. The number of nitrogens with zero attached hydrogens (tertiary/aromatic N) is 3. The van der Waals surface area contributed by atoms with Gasteiger partial charge in [0, 0.05) is 41.9 Å². The van der Waals surface area contributed by atoms with Crippen molar-refractivity contribution in [2.75, 3.05) is 26.2 Å². The molecule has 1 aromatic heterocycles. The first kappa shape index (κ1) is 18.4. The molecule has 4 rings (SSSR count). The molecule has 0 unspecified atom stereocenters. The number of carbonyl (C=O) groups is 1. The summed E-state index contributed by atoms with van der Waals surface area (Å²) in [6.07, 6.45) is 4.24. The fourth-order valence-electron chi connectivity index (χ4n) is 3.61. The molecule has 0 saturated carbocycles. The molecule has 1 aromatic carbocycles. The number of hydrogen-bond acceptors (Lipinski definition) is 3. The Morgan fingerprint density at radius 1 is 1.16 bits per heavy atom. The molecule has 0 atom stereocenters. The molecule has 0 bridgehead atoms. The van der Waals surface area contributed by atoms with Crippen LogP contribution in [0, 0.1) is 0 Å². The lowest BCUT2D eigenvalue weighted by molar-refractivity contribution is 0.0728. The zero-order valence-electron chi connectivity index (χ0n) is 14.0. The fraction of sp³-hybridized carbons (Fsp3) is 0.444. The van der Waals surface area contributed by atoms with Gasteiger partial charge in [-0.25, -0.2) is 4.68 Å². The van der Waals surface area contributed by atoms with Crippen molar-refractivity contribution in [1.29, 1.82) is 0 Å². The van der Waals surface area contributed by atoms with E-state index in [0.717, 1.165) is 67.6 Å². The predicted molar refractivity (Wildman–Crippen MR) is 104 cm³/mol. The molecule has 1 fully saturated rings. The largest absolute Gasteiger partial charge is 0.335 e. The lowest BCUT2D eigenvalue weighted by Gasteiger charge is -2.27. The number of carbonyl (C=O) groups excluding carboxylic acids is 1. The summed E-state index contributed by atoms with van der Waals surface area (Å²) in [6.45, 7) is 3.25. The average molecular weight is 426 g/mol. The van der Waals surface area contributed by atoms with E-state index in [2.05, 4.69) is 27.3 Å². The minimum Gasteiger partial charge on any atom is -0.335 e. The normalized spacial score (nSPS) is 16.9. The maximum absolute atomic E-state index is 13.0. The third-order valence-corrected chi connectivity index (χ3v) is 5.33. The van der Waals surface area contributed by atoms with Gasteiger partial charge < -0.3 is 10.2 Å². The minimum atomic E-state index is 0. The molecule has 1 saturated heterocycles. The number of piperazine rings is 1. The maximum Gasteiger partial charge on any atom is 0.274 e. The Hall–Kier alpha value is -1.37. The summed E-state index contributed by atoms with van der Waals surface area (Å²) >= 11 is 3.53. The second kappa shape index (κ2) is 7.89. The zero-order chi connectivity index (χ0) is 16.5. The van der Waals surface area contributed by atoms with Crippen molar-refractivity contribution in [2.45, 2.75) is 25.7 Å². The van der Waals surface area contributed by atoms with Gasteiger partial charge >= 0.3 is 0 Å². The molecule has 1 aliphatic carbocycles. The van der Waals surface area contributed by atoms with Crippen LogP contribution in [-0.4, -0.2) is 46.8 Å². The van der Waals surface area contributed by atoms with E-state index in [4.69, 9.17) is 5.10 Å². The van der Waals surface area contributed by atoms with Crippen molar-refractivity contribution in [3.8, 4) is 5.69 Å². The molecule has 2 aromatic rings. The molecule has 25 heavy (non-hydrogen) atoms. The zero-order valence-corrected chi connectivity index (χ0v) is 16.4. The van der Waals surface area contributed by atoms with Crippen LogP contribution in [0.25, 0.3) is 5.69 Å². The van der Waals surface area contributed by atoms with Crippen molar-refractivity contribution >= 4 is 34.2 Å². The lowest BCUT2D eigenvalue weighted by Crippen LogP contribution is -2.46. The molecule has 134 valence electrons. The number of aromatic nitrogens is 2. The monoisotopic (exact) mass is 424 g/mol. The molecule has 1 aliphatic heterocycles. The second-order valence-corrected chi connectivity index (χ2v) is 7.33. The van der Waals surface area contributed by atoms with Crippen molar-refractivity contribution in [3.05, 3.63) is 45.7 Å². The topological polar surface area (TPSA) is 50.2 Å². The Balaban J connectivity index is 0.00000182. The van der Waals surface area contributed by atoms with Crippen LogP contribution in [0.3, 0.4) is 0 Å². The Morgan fingerprint density at radius 2 is 1.92 bits per heavy atom. The molecule has 5 nitrogen and oxygen atoms in total. The van der Waals surface area contributed by atoms with E-state index >= 15 is 0 Å². The summed E-state index contributed by atoms with van der Waals surface area (Å²) in [5.74, 6) is 0.0865. The van der Waals surface area contributed by atoms with Crippen molar-refractivity contribution in [3.63, 3.8) is 0 Å². The Labute approximate surface area is 162 Å². The Morgan fingerprint density at radius 3 is 2.68 bits per heavy atom. The molecular weight excluding hydrogens is 404 g/mol. The third kappa shape index (κ3) is 3.61. The van der Waals surface area contributed by atoms with Crippen LogP contribution < -0.4 is 5.32 Å². The van der Waals surface area contributed by atoms with E-state index in [1.54, 1.807) is 0 Å². The standard InChI is InChI=1S/C18H21BrN4O.ClH/c19-13-4-3-5-14(12-13)23-16-7-2-1-6-15(16)17(21-23)18(24)22-10-8-20-9-11-22;/h3-5,12,20H,1-2,6-11H2;1H. The van der Waals surface area contributed by atoms with Crippen LogP contribution in [0.4, 0.5) is 0 Å². The van der Waals surface area contributed by atoms with E-state index in [1.807, 2.05) is 27.8 Å². The predicted octanol–water partition coefficient (Wildman–Crippen LogP) is 2.98. The number of amides is 1. The van der Waals surface area contributed by atoms with E-state index in [9.17, 15) is 4.79 Å². The Kier molecular flexibility index (Phi) is 5.81. The van der Waals surface area contributed by atoms with Gasteiger partial charge in [-0.1, -0.05) is 22.0 Å². The van der Waals surface area contributed by atoms with E-state index in [1.165, 1.54) is 5.69 Å². The highest BCUT2D eigenvalue weighted by Crippen LogP contribution is 2.28. The Bertz CT molecular complexity index is 770. The minimum absolute atomic E-state index is 0.